The number of nitrogens with one attached hydrogen (secondary N) is 2. The minimum absolute atomic E-state index is 0.201. The van der Waals surface area contributed by atoms with E-state index < -0.39 is 9.39 Å². The molecule has 1 atom stereocenters. The van der Waals surface area contributed by atoms with Gasteiger partial charge in [0.2, 0.25) is 11.5 Å². The standard InChI is InChI=1S/C24H22IN3O7/c1-32-16-8-11-7-13(26-18(11)21(34-3)20(16)33-2)22(30)28-6-5-24(25)12-9-14(23(31)35-4)27-19(12)15(29)10-17(24)28/h7-10,26-27H,5-6H2,1-4H3. The van der Waals surface area contributed by atoms with Crippen molar-refractivity contribution in [3.63, 3.8) is 0 Å². The zero-order valence-electron chi connectivity index (χ0n) is 19.4. The number of allylic oxidation sites excluding steroid dienone is 2. The number of nitrogens with zero attached hydrogens (tertiary/aromatic N) is 1. The molecule has 35 heavy (non-hydrogen) atoms. The highest BCUT2D eigenvalue weighted by atomic mass is 127. The molecule has 0 bridgehead atoms. The van der Waals surface area contributed by atoms with Crippen molar-refractivity contribution >= 4 is 51.2 Å². The van der Waals surface area contributed by atoms with Crippen LogP contribution in [0.5, 0.6) is 17.2 Å². The molecule has 182 valence electrons. The summed E-state index contributed by atoms with van der Waals surface area (Å²) in [5.41, 5.74) is 2.72. The Hall–Kier alpha value is -3.48. The smallest absolute Gasteiger partial charge is 0.354 e. The van der Waals surface area contributed by atoms with Gasteiger partial charge in [-0.2, -0.15) is 0 Å². The molecule has 0 spiro atoms. The molecule has 2 aromatic heterocycles. The monoisotopic (exact) mass is 591 g/mol. The number of benzene rings is 1. The number of likely N-dealkylation sites (tertiary alicyclic amines) is 1. The molecule has 2 N–H and O–H groups in total. The van der Waals surface area contributed by atoms with Crippen LogP contribution in [0.2, 0.25) is 0 Å². The van der Waals surface area contributed by atoms with Crippen LogP contribution in [0.1, 0.15) is 43.4 Å². The predicted molar refractivity (Wildman–Crippen MR) is 134 cm³/mol. The van der Waals surface area contributed by atoms with E-state index in [1.807, 2.05) is 0 Å². The first-order valence-corrected chi connectivity index (χ1v) is 11.8. The number of fused-ring (bicyclic) bond motifs is 4. The van der Waals surface area contributed by atoms with Gasteiger partial charge in [0.25, 0.3) is 5.91 Å². The van der Waals surface area contributed by atoms with E-state index in [1.54, 1.807) is 23.1 Å². The maximum Gasteiger partial charge on any atom is 0.354 e. The molecule has 10 nitrogen and oxygen atoms in total. The molecule has 11 heteroatoms. The number of esters is 1. The number of alkyl halides is 1. The number of hydrogen-bond acceptors (Lipinski definition) is 7. The first-order chi connectivity index (χ1) is 16.8. The van der Waals surface area contributed by atoms with E-state index in [4.69, 9.17) is 18.9 Å². The summed E-state index contributed by atoms with van der Waals surface area (Å²) in [6.07, 6.45) is 2.04. The first kappa shape index (κ1) is 23.3. The van der Waals surface area contributed by atoms with Gasteiger partial charge in [0.15, 0.2) is 11.5 Å². The van der Waals surface area contributed by atoms with Gasteiger partial charge in [-0.15, -0.1) is 0 Å². The predicted octanol–water partition coefficient (Wildman–Crippen LogP) is 3.57. The second-order valence-corrected chi connectivity index (χ2v) is 10.00. The second-order valence-electron chi connectivity index (χ2n) is 8.16. The number of aromatic nitrogens is 2. The molecule has 1 amide bonds. The average molecular weight is 591 g/mol. The molecule has 3 heterocycles. The van der Waals surface area contributed by atoms with Crippen molar-refractivity contribution in [1.29, 1.82) is 0 Å². The largest absolute Gasteiger partial charge is 0.493 e. The molecule has 1 saturated heterocycles. The second kappa shape index (κ2) is 8.33. The van der Waals surface area contributed by atoms with E-state index in [2.05, 4.69) is 32.6 Å². The van der Waals surface area contributed by atoms with Crippen molar-refractivity contribution in [1.82, 2.24) is 14.9 Å². The van der Waals surface area contributed by atoms with Gasteiger partial charge in [-0.25, -0.2) is 4.79 Å². The van der Waals surface area contributed by atoms with Crippen molar-refractivity contribution in [2.45, 2.75) is 9.84 Å². The Labute approximate surface area is 213 Å². The molecule has 1 unspecified atom stereocenters. The van der Waals surface area contributed by atoms with Crippen molar-refractivity contribution in [3.8, 4) is 17.2 Å². The fraction of sp³-hybridized carbons (Fsp3) is 0.292. The van der Waals surface area contributed by atoms with Gasteiger partial charge in [-0.3, -0.25) is 9.59 Å². The summed E-state index contributed by atoms with van der Waals surface area (Å²) in [6.45, 7) is 0.401. The highest BCUT2D eigenvalue weighted by Gasteiger charge is 2.50. The van der Waals surface area contributed by atoms with E-state index >= 15 is 0 Å². The number of H-pyrrole nitrogens is 2. The average Bonchev–Trinajstić information content (AvgIpc) is 3.58. The van der Waals surface area contributed by atoms with Crippen LogP contribution in [-0.4, -0.2) is 67.5 Å². The Morgan fingerprint density at radius 2 is 1.74 bits per heavy atom. The molecular formula is C24H22IN3O7. The number of carbonyl (C=O) groups is 3. The Balaban J connectivity index is 1.55. The van der Waals surface area contributed by atoms with Crippen LogP contribution in [-0.2, 0) is 8.16 Å². The molecule has 2 aliphatic rings. The molecule has 1 aliphatic heterocycles. The number of carbonyl (C=O) groups excluding carboxylic acids is 3. The lowest BCUT2D eigenvalue weighted by molar-refractivity contribution is 0.0594. The summed E-state index contributed by atoms with van der Waals surface area (Å²) in [5, 5.41) is 0.715. The van der Waals surface area contributed by atoms with Gasteiger partial charge in [-0.05, 0) is 24.6 Å². The fourth-order valence-corrected chi connectivity index (χ4v) is 5.90. The molecule has 3 aromatic rings. The third-order valence-corrected chi connectivity index (χ3v) is 8.11. The molecule has 0 saturated carbocycles. The van der Waals surface area contributed by atoms with Crippen LogP contribution in [0.3, 0.4) is 0 Å². The number of ether oxygens (including phenoxy) is 4. The summed E-state index contributed by atoms with van der Waals surface area (Å²) in [5.74, 6) is 0.167. The van der Waals surface area contributed by atoms with Gasteiger partial charge in [-0.1, -0.05) is 22.6 Å². The highest BCUT2D eigenvalue weighted by molar-refractivity contribution is 14.1. The minimum Gasteiger partial charge on any atom is -0.493 e. The lowest BCUT2D eigenvalue weighted by Crippen LogP contribution is -2.33. The van der Waals surface area contributed by atoms with Gasteiger partial charge < -0.3 is 33.8 Å². The highest BCUT2D eigenvalue weighted by Crippen LogP contribution is 2.53. The van der Waals surface area contributed by atoms with Crippen LogP contribution in [0.4, 0.5) is 0 Å². The third-order valence-electron chi connectivity index (χ3n) is 6.44. The Kier molecular flexibility index (Phi) is 5.54. The van der Waals surface area contributed by atoms with Crippen molar-refractivity contribution < 1.29 is 33.3 Å². The number of amides is 1. The Morgan fingerprint density at radius 3 is 2.40 bits per heavy atom. The molecule has 0 radical (unpaired) electrons. The van der Waals surface area contributed by atoms with Gasteiger partial charge in [0, 0.05) is 29.3 Å². The van der Waals surface area contributed by atoms with E-state index in [0.29, 0.717) is 63.8 Å². The number of methoxy groups -OCH3 is 4. The number of halogens is 1. The normalized spacial score (nSPS) is 18.7. The Morgan fingerprint density at radius 1 is 1.00 bits per heavy atom. The van der Waals surface area contributed by atoms with E-state index in [9.17, 15) is 14.4 Å². The molecule has 1 aromatic carbocycles. The quantitative estimate of drug-likeness (QED) is 0.264. The number of rotatable bonds is 5. The van der Waals surface area contributed by atoms with E-state index in [0.717, 1.165) is 0 Å². The lowest BCUT2D eigenvalue weighted by Gasteiger charge is -2.29. The summed E-state index contributed by atoms with van der Waals surface area (Å²) < 4.78 is 20.5. The maximum absolute atomic E-state index is 13.7. The minimum atomic E-state index is -0.643. The molecule has 1 aliphatic carbocycles. The van der Waals surface area contributed by atoms with Gasteiger partial charge in [0.1, 0.15) is 11.4 Å². The molecule has 1 fully saturated rings. The fourth-order valence-electron chi connectivity index (χ4n) is 4.79. The summed E-state index contributed by atoms with van der Waals surface area (Å²) in [7, 11) is 5.84. The van der Waals surface area contributed by atoms with Crippen LogP contribution in [0.15, 0.2) is 30.0 Å². The van der Waals surface area contributed by atoms with Gasteiger partial charge >= 0.3 is 5.97 Å². The van der Waals surface area contributed by atoms with Crippen LogP contribution >= 0.6 is 22.6 Å². The maximum atomic E-state index is 13.7. The zero-order valence-corrected chi connectivity index (χ0v) is 21.6. The third kappa shape index (κ3) is 3.32. The number of hydrogen-bond donors (Lipinski definition) is 2. The van der Waals surface area contributed by atoms with E-state index in [-0.39, 0.29) is 17.4 Å². The summed E-state index contributed by atoms with van der Waals surface area (Å²) in [6, 6.07) is 5.12. The van der Waals surface area contributed by atoms with Crippen molar-refractivity contribution in [2.24, 2.45) is 0 Å². The Bertz CT molecular complexity index is 1440. The number of ketones is 1. The molecule has 5 rings (SSSR count). The first-order valence-electron chi connectivity index (χ1n) is 10.7. The SMILES string of the molecule is COC(=O)c1cc2c([nH]1)C(=O)C=C1N(C(=O)c3cc4cc(OC)c(OC)c(OC)c4[nH]3)CCC12I. The van der Waals surface area contributed by atoms with Gasteiger partial charge in [0.05, 0.1) is 43.1 Å². The lowest BCUT2D eigenvalue weighted by atomic mass is 9.89. The van der Waals surface area contributed by atoms with E-state index in [1.165, 1.54) is 34.5 Å². The summed E-state index contributed by atoms with van der Waals surface area (Å²) >= 11 is 2.26. The topological polar surface area (TPSA) is 123 Å². The number of aromatic amines is 2. The van der Waals surface area contributed by atoms with Crippen molar-refractivity contribution in [3.05, 3.63) is 52.6 Å². The van der Waals surface area contributed by atoms with Crippen LogP contribution in [0, 0.1) is 0 Å². The van der Waals surface area contributed by atoms with Crippen LogP contribution in [0.25, 0.3) is 10.9 Å². The zero-order chi connectivity index (χ0) is 25.1. The van der Waals surface area contributed by atoms with Crippen LogP contribution < -0.4 is 14.2 Å². The summed E-state index contributed by atoms with van der Waals surface area (Å²) in [4.78, 5) is 46.2. The molecular weight excluding hydrogens is 569 g/mol. The van der Waals surface area contributed by atoms with Crippen molar-refractivity contribution in [2.75, 3.05) is 35.0 Å².